The Morgan fingerprint density at radius 3 is 2.65 bits per heavy atom. The number of ether oxygens (including phenoxy) is 2. The van der Waals surface area contributed by atoms with Gasteiger partial charge in [0.2, 0.25) is 0 Å². The molecule has 1 aromatic rings. The molecule has 4 nitrogen and oxygen atoms in total. The minimum Gasteiger partial charge on any atom is -0.494 e. The highest BCUT2D eigenvalue weighted by atomic mass is 32.2. The Bertz CT molecular complexity index is 455. The van der Waals surface area contributed by atoms with Gasteiger partial charge >= 0.3 is 5.97 Å². The summed E-state index contributed by atoms with van der Waals surface area (Å²) in [6.45, 7) is 8.13. The maximum absolute atomic E-state index is 11.6. The number of hydrogen-bond acceptors (Lipinski definition) is 5. The standard InChI is InChI=1S/C15H23NO3S/c1-5-18-13-7-6-12(16)8-11(13)9-20-10-14(17)19-15(2,3)4/h6-8H,5,9-10,16H2,1-4H3. The molecular weight excluding hydrogens is 274 g/mol. The van der Waals surface area contributed by atoms with Crippen LogP contribution >= 0.6 is 11.8 Å². The van der Waals surface area contributed by atoms with E-state index in [9.17, 15) is 4.79 Å². The second-order valence-corrected chi connectivity index (χ2v) is 6.37. The lowest BCUT2D eigenvalue weighted by molar-refractivity contribution is -0.151. The summed E-state index contributed by atoms with van der Waals surface area (Å²) in [5.41, 5.74) is 7.04. The van der Waals surface area contributed by atoms with Crippen LogP contribution < -0.4 is 10.5 Å². The highest BCUT2D eigenvalue weighted by Gasteiger charge is 2.16. The van der Waals surface area contributed by atoms with Crippen molar-refractivity contribution >= 4 is 23.4 Å². The first-order valence-corrected chi connectivity index (χ1v) is 7.78. The van der Waals surface area contributed by atoms with Gasteiger partial charge in [-0.15, -0.1) is 11.8 Å². The van der Waals surface area contributed by atoms with E-state index in [2.05, 4.69) is 0 Å². The number of nitrogen functional groups attached to an aromatic ring is 1. The third kappa shape index (κ3) is 6.19. The zero-order valence-corrected chi connectivity index (χ0v) is 13.4. The van der Waals surface area contributed by atoms with Crippen LogP contribution in [0.4, 0.5) is 5.69 Å². The van der Waals surface area contributed by atoms with Crippen LogP contribution in [0, 0.1) is 0 Å². The van der Waals surface area contributed by atoms with Gasteiger partial charge in [-0.05, 0) is 45.9 Å². The van der Waals surface area contributed by atoms with Gasteiger partial charge in [0, 0.05) is 17.0 Å². The number of hydrogen-bond donors (Lipinski definition) is 1. The fourth-order valence-corrected chi connectivity index (χ4v) is 2.40. The smallest absolute Gasteiger partial charge is 0.316 e. The first-order chi connectivity index (χ1) is 9.31. The molecule has 0 bridgehead atoms. The number of thioether (sulfide) groups is 1. The van der Waals surface area contributed by atoms with E-state index in [1.807, 2.05) is 45.9 Å². The monoisotopic (exact) mass is 297 g/mol. The molecule has 0 heterocycles. The predicted molar refractivity (Wildman–Crippen MR) is 84.0 cm³/mol. The van der Waals surface area contributed by atoms with Gasteiger partial charge in [-0.2, -0.15) is 0 Å². The van der Waals surface area contributed by atoms with Crippen molar-refractivity contribution in [2.75, 3.05) is 18.1 Å². The number of benzene rings is 1. The summed E-state index contributed by atoms with van der Waals surface area (Å²) >= 11 is 1.49. The molecule has 0 radical (unpaired) electrons. The van der Waals surface area contributed by atoms with Gasteiger partial charge in [-0.25, -0.2) is 0 Å². The Morgan fingerprint density at radius 1 is 1.35 bits per heavy atom. The summed E-state index contributed by atoms with van der Waals surface area (Å²) in [6.07, 6.45) is 0. The molecule has 1 aromatic carbocycles. The van der Waals surface area contributed by atoms with Crippen molar-refractivity contribution in [3.05, 3.63) is 23.8 Å². The van der Waals surface area contributed by atoms with E-state index in [0.717, 1.165) is 11.3 Å². The molecule has 0 atom stereocenters. The van der Waals surface area contributed by atoms with Gasteiger partial charge in [0.1, 0.15) is 11.4 Å². The average Bonchev–Trinajstić information content (AvgIpc) is 2.30. The van der Waals surface area contributed by atoms with Gasteiger partial charge in [-0.1, -0.05) is 0 Å². The minimum atomic E-state index is -0.439. The van der Waals surface area contributed by atoms with Crippen molar-refractivity contribution in [2.45, 2.75) is 39.0 Å². The van der Waals surface area contributed by atoms with Gasteiger partial charge in [0.05, 0.1) is 12.4 Å². The molecule has 2 N–H and O–H groups in total. The maximum atomic E-state index is 11.6. The SMILES string of the molecule is CCOc1ccc(N)cc1CSCC(=O)OC(C)(C)C. The lowest BCUT2D eigenvalue weighted by Crippen LogP contribution is -2.24. The van der Waals surface area contributed by atoms with Gasteiger partial charge < -0.3 is 15.2 Å². The van der Waals surface area contributed by atoms with Gasteiger partial charge in [0.15, 0.2) is 0 Å². The zero-order valence-electron chi connectivity index (χ0n) is 12.6. The molecule has 0 amide bonds. The number of carbonyl (C=O) groups is 1. The quantitative estimate of drug-likeness (QED) is 0.645. The van der Waals surface area contributed by atoms with Crippen molar-refractivity contribution < 1.29 is 14.3 Å². The van der Waals surface area contributed by atoms with Crippen LogP contribution in [0.15, 0.2) is 18.2 Å². The van der Waals surface area contributed by atoms with E-state index in [0.29, 0.717) is 23.8 Å². The number of nitrogens with two attached hydrogens (primary N) is 1. The highest BCUT2D eigenvalue weighted by molar-refractivity contribution is 7.99. The first kappa shape index (κ1) is 16.7. The van der Waals surface area contributed by atoms with Crippen LogP contribution in [0.1, 0.15) is 33.3 Å². The molecule has 0 spiro atoms. The van der Waals surface area contributed by atoms with E-state index in [1.165, 1.54) is 11.8 Å². The molecule has 20 heavy (non-hydrogen) atoms. The summed E-state index contributed by atoms with van der Waals surface area (Å²) < 4.78 is 10.8. The van der Waals surface area contributed by atoms with Crippen LogP contribution in [0.2, 0.25) is 0 Å². The molecule has 0 aromatic heterocycles. The Labute approximate surface area is 125 Å². The minimum absolute atomic E-state index is 0.204. The maximum Gasteiger partial charge on any atom is 0.316 e. The Morgan fingerprint density at radius 2 is 2.05 bits per heavy atom. The number of rotatable bonds is 6. The van der Waals surface area contributed by atoms with Crippen LogP contribution in [-0.4, -0.2) is 23.9 Å². The third-order valence-electron chi connectivity index (χ3n) is 2.28. The topological polar surface area (TPSA) is 61.5 Å². The summed E-state index contributed by atoms with van der Waals surface area (Å²) in [6, 6.07) is 5.56. The molecule has 0 saturated heterocycles. The largest absolute Gasteiger partial charge is 0.494 e. The molecule has 0 aliphatic carbocycles. The van der Waals surface area contributed by atoms with Crippen LogP contribution in [0.25, 0.3) is 0 Å². The van der Waals surface area contributed by atoms with Crippen molar-refractivity contribution in [1.82, 2.24) is 0 Å². The lowest BCUT2D eigenvalue weighted by atomic mass is 10.2. The van der Waals surface area contributed by atoms with E-state index in [4.69, 9.17) is 15.2 Å². The molecule has 0 saturated carbocycles. The molecule has 0 unspecified atom stereocenters. The van der Waals surface area contributed by atoms with Crippen molar-refractivity contribution in [2.24, 2.45) is 0 Å². The summed E-state index contributed by atoms with van der Waals surface area (Å²) in [5.74, 6) is 1.60. The lowest BCUT2D eigenvalue weighted by Gasteiger charge is -2.19. The average molecular weight is 297 g/mol. The Hall–Kier alpha value is -1.36. The molecule has 5 heteroatoms. The van der Waals surface area contributed by atoms with Crippen LogP contribution in [0.5, 0.6) is 5.75 Å². The molecule has 112 valence electrons. The predicted octanol–water partition coefficient (Wildman–Crippen LogP) is 3.24. The van der Waals surface area contributed by atoms with E-state index in [1.54, 1.807) is 0 Å². The second kappa shape index (κ2) is 7.43. The van der Waals surface area contributed by atoms with E-state index < -0.39 is 5.60 Å². The normalized spacial score (nSPS) is 11.2. The second-order valence-electron chi connectivity index (χ2n) is 5.38. The van der Waals surface area contributed by atoms with Crippen molar-refractivity contribution in [3.8, 4) is 5.75 Å². The molecule has 0 fully saturated rings. The van der Waals surface area contributed by atoms with Crippen molar-refractivity contribution in [3.63, 3.8) is 0 Å². The number of carbonyl (C=O) groups excluding carboxylic acids is 1. The molecule has 1 rings (SSSR count). The van der Waals surface area contributed by atoms with Crippen LogP contribution in [-0.2, 0) is 15.3 Å². The summed E-state index contributed by atoms with van der Waals surface area (Å²) in [5, 5.41) is 0. The van der Waals surface area contributed by atoms with Gasteiger partial charge in [-0.3, -0.25) is 4.79 Å². The van der Waals surface area contributed by atoms with E-state index in [-0.39, 0.29) is 5.97 Å². The number of anilines is 1. The highest BCUT2D eigenvalue weighted by Crippen LogP contribution is 2.26. The summed E-state index contributed by atoms with van der Waals surface area (Å²) in [7, 11) is 0. The fraction of sp³-hybridized carbons (Fsp3) is 0.533. The van der Waals surface area contributed by atoms with E-state index >= 15 is 0 Å². The zero-order chi connectivity index (χ0) is 15.2. The van der Waals surface area contributed by atoms with Crippen molar-refractivity contribution in [1.29, 1.82) is 0 Å². The Balaban J connectivity index is 2.53. The molecular formula is C15H23NO3S. The molecule has 0 aliphatic rings. The third-order valence-corrected chi connectivity index (χ3v) is 3.24. The first-order valence-electron chi connectivity index (χ1n) is 6.62. The summed E-state index contributed by atoms with van der Waals surface area (Å²) in [4.78, 5) is 11.6. The Kier molecular flexibility index (Phi) is 6.20. The number of esters is 1. The molecule has 0 aliphatic heterocycles. The van der Waals surface area contributed by atoms with Crippen LogP contribution in [0.3, 0.4) is 0 Å². The van der Waals surface area contributed by atoms with Gasteiger partial charge in [0.25, 0.3) is 0 Å². The fourth-order valence-electron chi connectivity index (χ4n) is 1.62.